The predicted octanol–water partition coefficient (Wildman–Crippen LogP) is 2.56. The number of carbonyl (C=O) groups excluding carboxylic acids is 3. The molecule has 1 unspecified atom stereocenters. The number of fused-ring (bicyclic) bond motifs is 2. The Labute approximate surface area is 223 Å². The van der Waals surface area contributed by atoms with Crippen molar-refractivity contribution < 1.29 is 41.8 Å². The number of esters is 1. The van der Waals surface area contributed by atoms with Crippen molar-refractivity contribution in [2.75, 3.05) is 50.4 Å². The van der Waals surface area contributed by atoms with E-state index >= 15 is 0 Å². The molecule has 2 amide bonds. The molecule has 0 fully saturated rings. The van der Waals surface area contributed by atoms with E-state index in [0.717, 1.165) is 17.4 Å². The molecule has 2 aromatic carbocycles. The molecule has 0 radical (unpaired) electrons. The number of rotatable bonds is 8. The van der Waals surface area contributed by atoms with Gasteiger partial charge in [-0.05, 0) is 18.2 Å². The summed E-state index contributed by atoms with van der Waals surface area (Å²) in [4.78, 5) is 44.4. The van der Waals surface area contributed by atoms with Crippen LogP contribution in [0.25, 0.3) is 10.2 Å². The number of benzene rings is 2. The van der Waals surface area contributed by atoms with E-state index in [-0.39, 0.29) is 16.4 Å². The van der Waals surface area contributed by atoms with Gasteiger partial charge in [-0.1, -0.05) is 11.3 Å². The van der Waals surface area contributed by atoms with Gasteiger partial charge in [-0.25, -0.2) is 9.78 Å². The Morgan fingerprint density at radius 3 is 2.56 bits per heavy atom. The van der Waals surface area contributed by atoms with Crippen molar-refractivity contribution in [3.05, 3.63) is 35.9 Å². The maximum atomic E-state index is 12.8. The van der Waals surface area contributed by atoms with Crippen LogP contribution < -0.4 is 30.7 Å². The summed E-state index contributed by atoms with van der Waals surface area (Å²) in [6.45, 7) is -0.487. The van der Waals surface area contributed by atoms with Crippen molar-refractivity contribution in [3.8, 4) is 11.5 Å². The number of nitrogens with zero attached hydrogens (tertiary/aromatic N) is 3. The zero-order chi connectivity index (χ0) is 28.7. The Kier molecular flexibility index (Phi) is 7.08. The van der Waals surface area contributed by atoms with Crippen molar-refractivity contribution in [1.29, 1.82) is 0 Å². The second-order valence-corrected chi connectivity index (χ2v) is 9.54. The molecule has 1 aromatic heterocycles. The van der Waals surface area contributed by atoms with Gasteiger partial charge in [0.2, 0.25) is 0 Å². The summed E-state index contributed by atoms with van der Waals surface area (Å²) in [5.41, 5.74) is 6.84. The van der Waals surface area contributed by atoms with E-state index in [4.69, 9.17) is 15.2 Å². The number of methoxy groups -OCH3 is 1. The smallest absolute Gasteiger partial charge is 0.496 e. The molecule has 1 aliphatic rings. The molecule has 208 valence electrons. The number of carbonyl (C=O) groups is 3. The van der Waals surface area contributed by atoms with Gasteiger partial charge in [-0.2, -0.15) is 0 Å². The van der Waals surface area contributed by atoms with Gasteiger partial charge in [0.25, 0.3) is 17.6 Å². The zero-order valence-corrected chi connectivity index (χ0v) is 21.8. The Bertz CT molecular complexity index is 1460. The molecule has 4 rings (SSSR count). The lowest BCUT2D eigenvalue weighted by atomic mass is 10.1. The molecule has 3 aromatic rings. The van der Waals surface area contributed by atoms with Gasteiger partial charge in [0.15, 0.2) is 11.7 Å². The van der Waals surface area contributed by atoms with E-state index in [9.17, 15) is 27.6 Å². The molecule has 0 aliphatic carbocycles. The third-order valence-corrected chi connectivity index (χ3v) is 6.71. The first-order chi connectivity index (χ1) is 18.2. The number of alkyl halides is 3. The monoisotopic (exact) mass is 568 g/mol. The number of anilines is 3. The number of thiazole rings is 1. The zero-order valence-electron chi connectivity index (χ0n) is 21.0. The number of nitrogens with one attached hydrogen (secondary N) is 2. The molecule has 2 heterocycles. The Morgan fingerprint density at radius 2 is 1.95 bits per heavy atom. The first-order valence-electron chi connectivity index (χ1n) is 11.1. The molecular formula is C23H23F3N6O6S. The van der Waals surface area contributed by atoms with Crippen LogP contribution in [-0.4, -0.2) is 74.7 Å². The average molecular weight is 569 g/mol. The summed E-state index contributed by atoms with van der Waals surface area (Å²) in [5.74, 6) is -4.22. The second kappa shape index (κ2) is 10.0. The summed E-state index contributed by atoms with van der Waals surface area (Å²) >= 11 is 0.970. The van der Waals surface area contributed by atoms with Gasteiger partial charge in [0.05, 0.1) is 28.7 Å². The van der Waals surface area contributed by atoms with Crippen LogP contribution in [0.5, 0.6) is 11.5 Å². The topological polar surface area (TPSA) is 148 Å². The van der Waals surface area contributed by atoms with Gasteiger partial charge in [0, 0.05) is 33.3 Å². The van der Waals surface area contributed by atoms with Crippen LogP contribution in [0, 0.1) is 0 Å². The highest BCUT2D eigenvalue weighted by Crippen LogP contribution is 2.44. The molecule has 39 heavy (non-hydrogen) atoms. The largest absolute Gasteiger partial charge is 0.573 e. The highest BCUT2D eigenvalue weighted by atomic mass is 32.1. The molecule has 0 bridgehead atoms. The van der Waals surface area contributed by atoms with E-state index in [1.54, 1.807) is 7.05 Å². The van der Waals surface area contributed by atoms with E-state index in [2.05, 4.69) is 20.4 Å². The SMILES string of the molecule is COc1cc2c(cc1C(=O)OCC(=O)N(C)C)NC(Nc1nc3ccc(OC(F)(F)F)cc3s1)(C(N)=O)N2C. The number of primary amides is 1. The lowest BCUT2D eigenvalue weighted by Crippen LogP contribution is -2.64. The fraction of sp³-hybridized carbons (Fsp3) is 0.304. The maximum absolute atomic E-state index is 12.8. The van der Waals surface area contributed by atoms with Crippen molar-refractivity contribution in [3.63, 3.8) is 0 Å². The van der Waals surface area contributed by atoms with Gasteiger partial charge in [-0.3, -0.25) is 9.59 Å². The van der Waals surface area contributed by atoms with Gasteiger partial charge in [-0.15, -0.1) is 13.2 Å². The molecule has 0 saturated carbocycles. The number of ether oxygens (including phenoxy) is 3. The van der Waals surface area contributed by atoms with E-state index in [0.29, 0.717) is 21.6 Å². The normalized spacial score (nSPS) is 16.3. The van der Waals surface area contributed by atoms with Crippen LogP contribution in [-0.2, 0) is 14.3 Å². The summed E-state index contributed by atoms with van der Waals surface area (Å²) in [5, 5.41) is 6.04. The van der Waals surface area contributed by atoms with Crippen LogP contribution in [0.15, 0.2) is 30.3 Å². The quantitative estimate of drug-likeness (QED) is 0.346. The minimum atomic E-state index is -4.86. The first kappa shape index (κ1) is 27.6. The Morgan fingerprint density at radius 1 is 1.23 bits per heavy atom. The molecule has 0 spiro atoms. The minimum Gasteiger partial charge on any atom is -0.496 e. The number of halogens is 3. The summed E-state index contributed by atoms with van der Waals surface area (Å²) < 4.78 is 52.6. The third-order valence-electron chi connectivity index (χ3n) is 5.78. The van der Waals surface area contributed by atoms with Crippen LogP contribution in [0.2, 0.25) is 0 Å². The molecule has 4 N–H and O–H groups in total. The molecule has 0 saturated heterocycles. The van der Waals surface area contributed by atoms with Crippen LogP contribution in [0.3, 0.4) is 0 Å². The molecule has 1 atom stereocenters. The van der Waals surface area contributed by atoms with Crippen molar-refractivity contribution in [1.82, 2.24) is 9.88 Å². The predicted molar refractivity (Wildman–Crippen MR) is 136 cm³/mol. The van der Waals surface area contributed by atoms with Crippen molar-refractivity contribution in [2.24, 2.45) is 5.73 Å². The number of likely N-dealkylation sites (N-methyl/N-ethyl adjacent to an activating group) is 2. The summed E-state index contributed by atoms with van der Waals surface area (Å²) in [6, 6.07) is 6.51. The minimum absolute atomic E-state index is 0.0128. The number of hydrogen-bond acceptors (Lipinski definition) is 11. The summed E-state index contributed by atoms with van der Waals surface area (Å²) in [7, 11) is 5.92. The van der Waals surface area contributed by atoms with Crippen molar-refractivity contribution in [2.45, 2.75) is 12.1 Å². The van der Waals surface area contributed by atoms with E-state index in [1.807, 2.05) is 0 Å². The average Bonchev–Trinajstić information content (AvgIpc) is 3.38. The second-order valence-electron chi connectivity index (χ2n) is 8.51. The highest BCUT2D eigenvalue weighted by Gasteiger charge is 2.48. The standard InChI is InChI=1S/C23H23F3N6O6S/c1-31(2)18(33)10-37-19(34)12-8-14-15(9-16(12)36-4)32(3)22(29-14,20(27)35)30-21-28-13-6-5-11(7-17(13)39-21)38-23(24,25)26/h5-9,29H,10H2,1-4H3,(H2,27,35)(H,28,30). The number of amides is 2. The maximum Gasteiger partial charge on any atom is 0.573 e. The molecule has 16 heteroatoms. The molecule has 1 aliphatic heterocycles. The molecular weight excluding hydrogens is 545 g/mol. The van der Waals surface area contributed by atoms with Crippen LogP contribution >= 0.6 is 11.3 Å². The van der Waals surface area contributed by atoms with Crippen LogP contribution in [0.4, 0.5) is 29.7 Å². The van der Waals surface area contributed by atoms with E-state index < -0.39 is 42.3 Å². The van der Waals surface area contributed by atoms with Gasteiger partial charge >= 0.3 is 12.3 Å². The fourth-order valence-corrected chi connectivity index (χ4v) is 4.73. The first-order valence-corrected chi connectivity index (χ1v) is 11.9. The number of aromatic nitrogens is 1. The fourth-order valence-electron chi connectivity index (χ4n) is 3.78. The lowest BCUT2D eigenvalue weighted by molar-refractivity contribution is -0.274. The third kappa shape index (κ3) is 5.41. The summed E-state index contributed by atoms with van der Waals surface area (Å²) in [6.07, 6.45) is -4.86. The number of nitrogens with two attached hydrogens (primary N) is 1. The van der Waals surface area contributed by atoms with Gasteiger partial charge in [0.1, 0.15) is 17.1 Å². The molecule has 12 nitrogen and oxygen atoms in total. The Balaban J connectivity index is 1.64. The lowest BCUT2D eigenvalue weighted by Gasteiger charge is -2.34. The van der Waals surface area contributed by atoms with E-state index in [1.165, 1.54) is 55.3 Å². The van der Waals surface area contributed by atoms with Gasteiger partial charge < -0.3 is 40.4 Å². The number of hydrogen-bond donors (Lipinski definition) is 3. The highest BCUT2D eigenvalue weighted by molar-refractivity contribution is 7.22. The van der Waals surface area contributed by atoms with Crippen molar-refractivity contribution >= 4 is 55.8 Å². The van der Waals surface area contributed by atoms with Crippen LogP contribution in [0.1, 0.15) is 10.4 Å². The Hall–Kier alpha value is -4.47.